The standard InChI is InChI=1S/C35H48BN3O7/c1-22(2)16-28(35(41)39-32(36(42)43)17-23(3)4)38-34(40)29(18-24-19-30(44-5)33(46-7)31(20-24)45-6)37-27-15-11-14-26(21-27)25-12-9-8-10-13-25/h8-15,19-23,28-29,32,37,42-43H,16-18H2,1-7H3,(H,38,40)(H,39,41)/t28-,29-,32-/m0/s1. The Morgan fingerprint density at radius 1 is 0.717 bits per heavy atom. The first-order valence-electron chi connectivity index (χ1n) is 15.6. The molecule has 10 nitrogen and oxygen atoms in total. The molecule has 0 aliphatic carbocycles. The number of rotatable bonds is 17. The second-order valence-corrected chi connectivity index (χ2v) is 12.2. The summed E-state index contributed by atoms with van der Waals surface area (Å²) in [6, 6.07) is 19.6. The van der Waals surface area contributed by atoms with Crippen LogP contribution in [-0.2, 0) is 16.0 Å². The summed E-state index contributed by atoms with van der Waals surface area (Å²) >= 11 is 0. The molecule has 3 aromatic carbocycles. The molecule has 0 aromatic heterocycles. The SMILES string of the molecule is COc1cc(C[C@H](Nc2cccc(-c3ccccc3)c2)C(=O)N[C@@H](CC(C)C)C(=O)N[C@@H](CC(C)C)B(O)O)cc(OC)c1OC. The number of ether oxygens (including phenoxy) is 3. The van der Waals surface area contributed by atoms with Crippen molar-refractivity contribution in [1.29, 1.82) is 0 Å². The van der Waals surface area contributed by atoms with Crippen LogP contribution in [0.1, 0.15) is 46.1 Å². The minimum atomic E-state index is -1.73. The van der Waals surface area contributed by atoms with Gasteiger partial charge in [-0.15, -0.1) is 0 Å². The third kappa shape index (κ3) is 10.4. The average Bonchev–Trinajstić information content (AvgIpc) is 3.03. The molecule has 0 fully saturated rings. The minimum absolute atomic E-state index is 0.0720. The smallest absolute Gasteiger partial charge is 0.475 e. The molecule has 248 valence electrons. The first kappa shape index (κ1) is 36.3. The molecule has 5 N–H and O–H groups in total. The Morgan fingerprint density at radius 2 is 1.30 bits per heavy atom. The lowest BCUT2D eigenvalue weighted by atomic mass is 9.75. The molecule has 0 unspecified atom stereocenters. The molecule has 0 bridgehead atoms. The highest BCUT2D eigenvalue weighted by Crippen LogP contribution is 2.38. The summed E-state index contributed by atoms with van der Waals surface area (Å²) in [4.78, 5) is 27.6. The maximum absolute atomic E-state index is 14.1. The number of nitrogens with one attached hydrogen (secondary N) is 3. The Hall–Kier alpha value is -4.22. The molecule has 3 rings (SSSR count). The number of methoxy groups -OCH3 is 3. The van der Waals surface area contributed by atoms with E-state index in [1.165, 1.54) is 21.3 Å². The lowest BCUT2D eigenvalue weighted by Gasteiger charge is -2.27. The van der Waals surface area contributed by atoms with Crippen molar-refractivity contribution in [3.63, 3.8) is 0 Å². The van der Waals surface area contributed by atoms with E-state index < -0.39 is 37.0 Å². The molecule has 3 atom stereocenters. The zero-order chi connectivity index (χ0) is 33.8. The van der Waals surface area contributed by atoms with Gasteiger partial charge in [0.2, 0.25) is 17.6 Å². The van der Waals surface area contributed by atoms with Gasteiger partial charge in [-0.2, -0.15) is 0 Å². The molecule has 0 radical (unpaired) electrons. The monoisotopic (exact) mass is 633 g/mol. The summed E-state index contributed by atoms with van der Waals surface area (Å²) in [6.45, 7) is 7.78. The van der Waals surface area contributed by atoms with Gasteiger partial charge in [0.05, 0.1) is 27.3 Å². The van der Waals surface area contributed by atoms with Crippen LogP contribution in [0.3, 0.4) is 0 Å². The number of carbonyl (C=O) groups excluding carboxylic acids is 2. The van der Waals surface area contributed by atoms with Gasteiger partial charge >= 0.3 is 7.12 Å². The number of carbonyl (C=O) groups is 2. The second-order valence-electron chi connectivity index (χ2n) is 12.2. The Balaban J connectivity index is 1.97. The highest BCUT2D eigenvalue weighted by Gasteiger charge is 2.32. The van der Waals surface area contributed by atoms with Gasteiger partial charge < -0.3 is 40.2 Å². The Morgan fingerprint density at radius 3 is 1.85 bits per heavy atom. The summed E-state index contributed by atoms with van der Waals surface area (Å²) in [5, 5.41) is 28.9. The van der Waals surface area contributed by atoms with Gasteiger partial charge in [0.15, 0.2) is 11.5 Å². The Bertz CT molecular complexity index is 1390. The first-order chi connectivity index (χ1) is 21.9. The molecule has 0 heterocycles. The largest absolute Gasteiger partial charge is 0.493 e. The van der Waals surface area contributed by atoms with Crippen LogP contribution in [0.25, 0.3) is 11.1 Å². The molecule has 0 aliphatic heterocycles. The van der Waals surface area contributed by atoms with E-state index in [1.807, 2.05) is 82.3 Å². The second kappa shape index (κ2) is 17.5. The topological polar surface area (TPSA) is 138 Å². The van der Waals surface area contributed by atoms with Gasteiger partial charge in [0.1, 0.15) is 12.1 Å². The molecule has 0 saturated carbocycles. The summed E-state index contributed by atoms with van der Waals surface area (Å²) < 4.78 is 16.6. The molecule has 0 saturated heterocycles. The van der Waals surface area contributed by atoms with E-state index in [-0.39, 0.29) is 18.3 Å². The summed E-state index contributed by atoms with van der Waals surface area (Å²) in [5.41, 5.74) is 3.48. The zero-order valence-corrected chi connectivity index (χ0v) is 27.9. The molecule has 0 aliphatic rings. The third-order valence-electron chi connectivity index (χ3n) is 7.54. The molecular weight excluding hydrogens is 585 g/mol. The molecule has 46 heavy (non-hydrogen) atoms. The van der Waals surface area contributed by atoms with Crippen molar-refractivity contribution in [3.8, 4) is 28.4 Å². The molecular formula is C35H48BN3O7. The van der Waals surface area contributed by atoms with Gasteiger partial charge in [-0.1, -0.05) is 70.2 Å². The van der Waals surface area contributed by atoms with Crippen molar-refractivity contribution in [3.05, 3.63) is 72.3 Å². The van der Waals surface area contributed by atoms with Gasteiger partial charge in [-0.25, -0.2) is 0 Å². The van der Waals surface area contributed by atoms with E-state index in [0.29, 0.717) is 30.1 Å². The van der Waals surface area contributed by atoms with Crippen molar-refractivity contribution in [2.75, 3.05) is 26.6 Å². The third-order valence-corrected chi connectivity index (χ3v) is 7.54. The highest BCUT2D eigenvalue weighted by molar-refractivity contribution is 6.43. The molecule has 11 heteroatoms. The summed E-state index contributed by atoms with van der Waals surface area (Å²) in [7, 11) is 2.86. The van der Waals surface area contributed by atoms with Crippen LogP contribution in [-0.4, -0.2) is 68.3 Å². The van der Waals surface area contributed by atoms with E-state index in [4.69, 9.17) is 14.2 Å². The van der Waals surface area contributed by atoms with E-state index in [0.717, 1.165) is 22.4 Å². The van der Waals surface area contributed by atoms with Crippen molar-refractivity contribution in [1.82, 2.24) is 10.6 Å². The lowest BCUT2D eigenvalue weighted by molar-refractivity contribution is -0.130. The number of hydrogen-bond donors (Lipinski definition) is 5. The van der Waals surface area contributed by atoms with Crippen LogP contribution in [0.5, 0.6) is 17.2 Å². The van der Waals surface area contributed by atoms with Gasteiger partial charge in [-0.3, -0.25) is 9.59 Å². The molecule has 3 aromatic rings. The first-order valence-corrected chi connectivity index (χ1v) is 15.6. The van der Waals surface area contributed by atoms with Crippen LogP contribution >= 0.6 is 0 Å². The van der Waals surface area contributed by atoms with Gasteiger partial charge in [-0.05, 0) is 65.6 Å². The van der Waals surface area contributed by atoms with Crippen LogP contribution in [0.4, 0.5) is 5.69 Å². The fraction of sp³-hybridized carbons (Fsp3) is 0.429. The summed E-state index contributed by atoms with van der Waals surface area (Å²) in [6.07, 6.45) is 0.947. The van der Waals surface area contributed by atoms with E-state index >= 15 is 0 Å². The quantitative estimate of drug-likeness (QED) is 0.137. The fourth-order valence-electron chi connectivity index (χ4n) is 5.34. The van der Waals surface area contributed by atoms with Crippen molar-refractivity contribution in [2.24, 2.45) is 11.8 Å². The maximum Gasteiger partial charge on any atom is 0.475 e. The Labute approximate surface area is 273 Å². The molecule has 0 spiro atoms. The van der Waals surface area contributed by atoms with E-state index in [9.17, 15) is 19.6 Å². The van der Waals surface area contributed by atoms with Crippen molar-refractivity contribution in [2.45, 2.75) is 65.0 Å². The van der Waals surface area contributed by atoms with Gasteiger partial charge in [0.25, 0.3) is 0 Å². The summed E-state index contributed by atoms with van der Waals surface area (Å²) in [5.74, 6) is -0.201. The maximum atomic E-state index is 14.1. The van der Waals surface area contributed by atoms with Gasteiger partial charge in [0, 0.05) is 12.1 Å². The average molecular weight is 634 g/mol. The Kier molecular flexibility index (Phi) is 13.8. The van der Waals surface area contributed by atoms with E-state index in [2.05, 4.69) is 16.0 Å². The normalized spacial score (nSPS) is 13.0. The lowest BCUT2D eigenvalue weighted by Crippen LogP contribution is -2.56. The minimum Gasteiger partial charge on any atom is -0.493 e. The fourth-order valence-corrected chi connectivity index (χ4v) is 5.34. The number of hydrogen-bond acceptors (Lipinski definition) is 8. The van der Waals surface area contributed by atoms with Crippen LogP contribution in [0.15, 0.2) is 66.7 Å². The highest BCUT2D eigenvalue weighted by atomic mass is 16.5. The molecule has 2 amide bonds. The number of amides is 2. The number of benzene rings is 3. The predicted molar refractivity (Wildman–Crippen MR) is 182 cm³/mol. The zero-order valence-electron chi connectivity index (χ0n) is 27.9. The van der Waals surface area contributed by atoms with E-state index in [1.54, 1.807) is 12.1 Å². The van der Waals surface area contributed by atoms with Crippen LogP contribution in [0.2, 0.25) is 0 Å². The van der Waals surface area contributed by atoms with Crippen molar-refractivity contribution < 1.29 is 33.8 Å². The predicted octanol–water partition coefficient (Wildman–Crippen LogP) is 4.48. The number of anilines is 1. The van der Waals surface area contributed by atoms with Crippen LogP contribution in [0, 0.1) is 11.8 Å². The van der Waals surface area contributed by atoms with Crippen LogP contribution < -0.4 is 30.2 Å². The van der Waals surface area contributed by atoms with Crippen molar-refractivity contribution >= 4 is 24.6 Å².